The molecule has 0 amide bonds. The third-order valence-electron chi connectivity index (χ3n) is 3.62. The van der Waals surface area contributed by atoms with Crippen LogP contribution in [0.4, 0.5) is 5.69 Å². The van der Waals surface area contributed by atoms with Gasteiger partial charge in [-0.05, 0) is 24.3 Å². The van der Waals surface area contributed by atoms with Crippen LogP contribution in [-0.2, 0) is 0 Å². The molecule has 0 spiro atoms. The van der Waals surface area contributed by atoms with Crippen molar-refractivity contribution in [1.29, 1.82) is 0 Å². The van der Waals surface area contributed by atoms with Gasteiger partial charge in [0, 0.05) is 11.6 Å². The lowest BCUT2D eigenvalue weighted by molar-refractivity contribution is 0.174. The van der Waals surface area contributed by atoms with Gasteiger partial charge in [0.1, 0.15) is 5.58 Å². The third kappa shape index (κ3) is 2.07. The Kier molecular flexibility index (Phi) is 2.89. The van der Waals surface area contributed by atoms with Gasteiger partial charge in [0.25, 0.3) is 0 Å². The monoisotopic (exact) mass is 331 g/mol. The van der Waals surface area contributed by atoms with E-state index >= 15 is 0 Å². The van der Waals surface area contributed by atoms with E-state index in [1.54, 1.807) is 18.2 Å². The highest BCUT2D eigenvalue weighted by Crippen LogP contribution is 2.39. The molecule has 0 bridgehead atoms. The van der Waals surface area contributed by atoms with Gasteiger partial charge in [-0.1, -0.05) is 11.6 Å². The number of hydrogen-bond donors (Lipinski definition) is 2. The molecule has 116 valence electrons. The van der Waals surface area contributed by atoms with E-state index in [0.717, 1.165) is 0 Å². The fourth-order valence-electron chi connectivity index (χ4n) is 2.45. The smallest absolute Gasteiger partial charge is 0.235 e. The van der Waals surface area contributed by atoms with Crippen molar-refractivity contribution in [3.05, 3.63) is 45.6 Å². The highest BCUT2D eigenvalue weighted by atomic mass is 35.5. The standard InChI is InChI=1S/C16H10ClNO5/c17-9-4-8-12(5-10(9)18)23-16(15(20)14(8)19)7-1-2-11-13(3-7)22-6-21-11/h1-5,20H,6,18H2. The predicted molar refractivity (Wildman–Crippen MR) is 85.1 cm³/mol. The highest BCUT2D eigenvalue weighted by molar-refractivity contribution is 6.33. The second kappa shape index (κ2) is 4.82. The van der Waals surface area contributed by atoms with Crippen molar-refractivity contribution >= 4 is 28.3 Å². The summed E-state index contributed by atoms with van der Waals surface area (Å²) < 4.78 is 16.2. The number of hydrogen-bond acceptors (Lipinski definition) is 6. The molecular formula is C16H10ClNO5. The van der Waals surface area contributed by atoms with E-state index in [2.05, 4.69) is 0 Å². The minimum Gasteiger partial charge on any atom is -0.502 e. The first-order chi connectivity index (χ1) is 11.0. The van der Waals surface area contributed by atoms with Crippen molar-refractivity contribution in [2.24, 2.45) is 0 Å². The van der Waals surface area contributed by atoms with E-state index in [-0.39, 0.29) is 34.2 Å². The zero-order valence-corrected chi connectivity index (χ0v) is 12.4. The minimum absolute atomic E-state index is 0.0301. The van der Waals surface area contributed by atoms with Gasteiger partial charge in [-0.25, -0.2) is 0 Å². The van der Waals surface area contributed by atoms with Crippen LogP contribution in [0.1, 0.15) is 0 Å². The fraction of sp³-hybridized carbons (Fsp3) is 0.0625. The molecule has 6 nitrogen and oxygen atoms in total. The van der Waals surface area contributed by atoms with Crippen LogP contribution in [0.15, 0.2) is 39.5 Å². The largest absolute Gasteiger partial charge is 0.502 e. The van der Waals surface area contributed by atoms with E-state index < -0.39 is 11.2 Å². The lowest BCUT2D eigenvalue weighted by Crippen LogP contribution is -2.03. The van der Waals surface area contributed by atoms with E-state index in [1.165, 1.54) is 12.1 Å². The molecule has 0 saturated carbocycles. The second-order valence-electron chi connectivity index (χ2n) is 5.05. The van der Waals surface area contributed by atoms with Crippen molar-refractivity contribution in [1.82, 2.24) is 0 Å². The number of halogens is 1. The van der Waals surface area contributed by atoms with Gasteiger partial charge in [-0.15, -0.1) is 0 Å². The molecule has 3 aromatic rings. The topological polar surface area (TPSA) is 94.9 Å². The highest BCUT2D eigenvalue weighted by Gasteiger charge is 2.20. The molecule has 0 fully saturated rings. The van der Waals surface area contributed by atoms with Crippen LogP contribution in [0.5, 0.6) is 17.2 Å². The molecule has 23 heavy (non-hydrogen) atoms. The molecule has 2 heterocycles. The Morgan fingerprint density at radius 1 is 1.13 bits per heavy atom. The Bertz CT molecular complexity index is 1010. The van der Waals surface area contributed by atoms with Crippen LogP contribution in [0.25, 0.3) is 22.3 Å². The van der Waals surface area contributed by atoms with Crippen LogP contribution < -0.4 is 20.6 Å². The Morgan fingerprint density at radius 2 is 1.91 bits per heavy atom. The van der Waals surface area contributed by atoms with Gasteiger partial charge in [0.15, 0.2) is 17.3 Å². The van der Waals surface area contributed by atoms with Crippen molar-refractivity contribution in [2.75, 3.05) is 12.5 Å². The molecule has 4 rings (SSSR count). The summed E-state index contributed by atoms with van der Waals surface area (Å²) in [5.41, 5.74) is 6.17. The quantitative estimate of drug-likeness (QED) is 0.665. The van der Waals surface area contributed by atoms with E-state index in [0.29, 0.717) is 17.1 Å². The fourth-order valence-corrected chi connectivity index (χ4v) is 2.62. The molecule has 3 N–H and O–H groups in total. The van der Waals surface area contributed by atoms with Gasteiger partial charge in [-0.2, -0.15) is 0 Å². The summed E-state index contributed by atoms with van der Waals surface area (Å²) in [6.45, 7) is 0.126. The maximum atomic E-state index is 12.4. The van der Waals surface area contributed by atoms with Crippen molar-refractivity contribution in [3.8, 4) is 28.6 Å². The molecule has 1 aromatic heterocycles. The first-order valence-electron chi connectivity index (χ1n) is 6.69. The summed E-state index contributed by atoms with van der Waals surface area (Å²) in [5, 5.41) is 10.6. The Labute approximate surface area is 134 Å². The van der Waals surface area contributed by atoms with Gasteiger partial charge in [0.05, 0.1) is 16.1 Å². The number of anilines is 1. The number of benzene rings is 2. The molecular weight excluding hydrogens is 322 g/mol. The van der Waals surface area contributed by atoms with Gasteiger partial charge >= 0.3 is 0 Å². The van der Waals surface area contributed by atoms with Crippen LogP contribution in [0.3, 0.4) is 0 Å². The van der Waals surface area contributed by atoms with E-state index in [9.17, 15) is 9.90 Å². The summed E-state index contributed by atoms with van der Waals surface area (Å²) in [4.78, 5) is 12.4. The van der Waals surface area contributed by atoms with Gasteiger partial charge in [0.2, 0.25) is 18.0 Å². The lowest BCUT2D eigenvalue weighted by atomic mass is 10.1. The number of aromatic hydroxyl groups is 1. The van der Waals surface area contributed by atoms with E-state index in [4.69, 9.17) is 31.2 Å². The first-order valence-corrected chi connectivity index (χ1v) is 7.07. The summed E-state index contributed by atoms with van der Waals surface area (Å²) >= 11 is 5.92. The lowest BCUT2D eigenvalue weighted by Gasteiger charge is -2.08. The molecule has 0 saturated heterocycles. The number of nitrogen functional groups attached to an aromatic ring is 1. The number of fused-ring (bicyclic) bond motifs is 2. The Hall–Kier alpha value is -2.86. The zero-order valence-electron chi connectivity index (χ0n) is 11.6. The van der Waals surface area contributed by atoms with Crippen molar-refractivity contribution < 1.29 is 19.0 Å². The Balaban J connectivity index is 1.99. The Morgan fingerprint density at radius 3 is 2.74 bits per heavy atom. The number of ether oxygens (including phenoxy) is 2. The summed E-state index contributed by atoms with van der Waals surface area (Å²) in [6.07, 6.45) is 0. The molecule has 7 heteroatoms. The third-order valence-corrected chi connectivity index (χ3v) is 3.95. The number of rotatable bonds is 1. The van der Waals surface area contributed by atoms with Crippen LogP contribution in [0.2, 0.25) is 5.02 Å². The zero-order chi connectivity index (χ0) is 16.1. The minimum atomic E-state index is -0.583. The maximum Gasteiger partial charge on any atom is 0.235 e. The molecule has 1 aliphatic heterocycles. The number of nitrogens with two attached hydrogens (primary N) is 1. The average Bonchev–Trinajstić information content (AvgIpc) is 3.00. The van der Waals surface area contributed by atoms with Gasteiger partial charge < -0.3 is 24.7 Å². The summed E-state index contributed by atoms with van der Waals surface area (Å²) in [6, 6.07) is 7.80. The van der Waals surface area contributed by atoms with Crippen molar-refractivity contribution in [3.63, 3.8) is 0 Å². The van der Waals surface area contributed by atoms with Gasteiger partial charge in [-0.3, -0.25) is 4.79 Å². The van der Waals surface area contributed by atoms with Crippen molar-refractivity contribution in [2.45, 2.75) is 0 Å². The maximum absolute atomic E-state index is 12.4. The molecule has 0 radical (unpaired) electrons. The van der Waals surface area contributed by atoms with Crippen LogP contribution >= 0.6 is 11.6 Å². The molecule has 0 aliphatic carbocycles. The SMILES string of the molecule is Nc1cc2oc(-c3ccc4c(c3)OCO4)c(O)c(=O)c2cc1Cl. The molecule has 0 unspecified atom stereocenters. The predicted octanol–water partition coefficient (Wildman–Crippen LogP) is 3.13. The summed E-state index contributed by atoms with van der Waals surface area (Å²) in [7, 11) is 0. The van der Waals surface area contributed by atoms with Crippen LogP contribution in [0, 0.1) is 0 Å². The average molecular weight is 332 g/mol. The molecule has 0 atom stereocenters. The second-order valence-corrected chi connectivity index (χ2v) is 5.45. The normalized spacial score (nSPS) is 12.7. The first kappa shape index (κ1) is 13.8. The summed E-state index contributed by atoms with van der Waals surface area (Å²) in [5.74, 6) is 0.632. The molecule has 2 aromatic carbocycles. The van der Waals surface area contributed by atoms with Crippen LogP contribution in [-0.4, -0.2) is 11.9 Å². The molecule has 1 aliphatic rings. The van der Waals surface area contributed by atoms with E-state index in [1.807, 2.05) is 0 Å².